The first kappa shape index (κ1) is 20.5. The first-order chi connectivity index (χ1) is 11.7. The Morgan fingerprint density at radius 2 is 1.60 bits per heavy atom. The van der Waals surface area contributed by atoms with Crippen LogP contribution in [0.5, 0.6) is 5.75 Å². The standard InChI is InChI=1S/C18H26N2O5/c1-6-20(7-2)15(21)10-19(5)18(24)14-8-12(3)17(13(4)9-14)25-11-16(22)23/h8-9H,6-7,10-11H2,1-5H3,(H,22,23). The van der Waals surface area contributed by atoms with Crippen LogP contribution in [0.2, 0.25) is 0 Å². The number of hydrogen-bond donors (Lipinski definition) is 1. The van der Waals surface area contributed by atoms with Gasteiger partial charge in [0.15, 0.2) is 6.61 Å². The lowest BCUT2D eigenvalue weighted by atomic mass is 10.0. The Labute approximate surface area is 148 Å². The maximum absolute atomic E-state index is 12.6. The number of likely N-dealkylation sites (N-methyl/N-ethyl adjacent to an activating group) is 2. The topological polar surface area (TPSA) is 87.2 Å². The number of hydrogen-bond acceptors (Lipinski definition) is 4. The van der Waals surface area contributed by atoms with Gasteiger partial charge >= 0.3 is 5.97 Å². The Morgan fingerprint density at radius 3 is 2.04 bits per heavy atom. The zero-order valence-electron chi connectivity index (χ0n) is 15.5. The van der Waals surface area contributed by atoms with Crippen molar-refractivity contribution in [2.75, 3.05) is 33.3 Å². The summed E-state index contributed by atoms with van der Waals surface area (Å²) in [6.45, 7) is 8.07. The summed E-state index contributed by atoms with van der Waals surface area (Å²) >= 11 is 0. The summed E-state index contributed by atoms with van der Waals surface area (Å²) < 4.78 is 5.26. The fraction of sp³-hybridized carbons (Fsp3) is 0.500. The normalized spacial score (nSPS) is 10.3. The predicted octanol–water partition coefficient (Wildman–Crippen LogP) is 1.71. The van der Waals surface area contributed by atoms with E-state index in [0.717, 1.165) is 0 Å². The summed E-state index contributed by atoms with van der Waals surface area (Å²) in [5, 5.41) is 8.72. The maximum Gasteiger partial charge on any atom is 0.341 e. The number of nitrogens with zero attached hydrogens (tertiary/aromatic N) is 2. The highest BCUT2D eigenvalue weighted by Gasteiger charge is 2.19. The zero-order valence-corrected chi connectivity index (χ0v) is 15.5. The number of carbonyl (C=O) groups excluding carboxylic acids is 2. The number of carboxylic acids is 1. The predicted molar refractivity (Wildman–Crippen MR) is 93.9 cm³/mol. The molecule has 1 N–H and O–H groups in total. The molecule has 0 atom stereocenters. The molecule has 0 aromatic heterocycles. The van der Waals surface area contributed by atoms with Crippen molar-refractivity contribution in [1.29, 1.82) is 0 Å². The Hall–Kier alpha value is -2.57. The van der Waals surface area contributed by atoms with E-state index in [1.165, 1.54) is 4.90 Å². The number of benzene rings is 1. The molecule has 0 unspecified atom stereocenters. The van der Waals surface area contributed by atoms with E-state index < -0.39 is 12.6 Å². The Balaban J connectivity index is 2.91. The molecule has 7 heteroatoms. The number of aryl methyl sites for hydroxylation is 2. The minimum absolute atomic E-state index is 0.00980. The highest BCUT2D eigenvalue weighted by atomic mass is 16.5. The molecule has 0 aliphatic heterocycles. The van der Waals surface area contributed by atoms with Gasteiger partial charge in [0, 0.05) is 25.7 Å². The average molecular weight is 350 g/mol. The molecule has 0 heterocycles. The van der Waals surface area contributed by atoms with Gasteiger partial charge in [-0.15, -0.1) is 0 Å². The molecule has 7 nitrogen and oxygen atoms in total. The molecule has 25 heavy (non-hydrogen) atoms. The summed E-state index contributed by atoms with van der Waals surface area (Å²) in [7, 11) is 1.59. The van der Waals surface area contributed by atoms with Crippen molar-refractivity contribution < 1.29 is 24.2 Å². The number of rotatable bonds is 8. The van der Waals surface area contributed by atoms with Crippen molar-refractivity contribution >= 4 is 17.8 Å². The molecule has 1 rings (SSSR count). The van der Waals surface area contributed by atoms with Crippen LogP contribution in [0.1, 0.15) is 35.3 Å². The van der Waals surface area contributed by atoms with Gasteiger partial charge in [0.05, 0.1) is 6.54 Å². The smallest absolute Gasteiger partial charge is 0.341 e. The first-order valence-electron chi connectivity index (χ1n) is 8.20. The number of aliphatic carboxylic acids is 1. The van der Waals surface area contributed by atoms with E-state index in [9.17, 15) is 14.4 Å². The van der Waals surface area contributed by atoms with Gasteiger partial charge in [-0.05, 0) is 51.0 Å². The van der Waals surface area contributed by atoms with Crippen LogP contribution in [0.3, 0.4) is 0 Å². The molecule has 0 saturated carbocycles. The lowest BCUT2D eigenvalue weighted by Crippen LogP contribution is -2.41. The van der Waals surface area contributed by atoms with E-state index in [0.29, 0.717) is 35.5 Å². The molecule has 1 aromatic carbocycles. The molecule has 0 fully saturated rings. The second-order valence-corrected chi connectivity index (χ2v) is 5.85. The van der Waals surface area contributed by atoms with E-state index in [4.69, 9.17) is 9.84 Å². The fourth-order valence-corrected chi connectivity index (χ4v) is 2.61. The highest BCUT2D eigenvalue weighted by molar-refractivity contribution is 5.97. The largest absolute Gasteiger partial charge is 0.481 e. The molecular weight excluding hydrogens is 324 g/mol. The quantitative estimate of drug-likeness (QED) is 0.771. The summed E-state index contributed by atoms with van der Waals surface area (Å²) in [6, 6.07) is 3.29. The molecule has 1 aromatic rings. The number of carbonyl (C=O) groups is 3. The molecule has 138 valence electrons. The highest BCUT2D eigenvalue weighted by Crippen LogP contribution is 2.25. The van der Waals surface area contributed by atoms with Crippen molar-refractivity contribution in [3.63, 3.8) is 0 Å². The Morgan fingerprint density at radius 1 is 1.08 bits per heavy atom. The Kier molecular flexibility index (Phi) is 7.42. The van der Waals surface area contributed by atoms with E-state index >= 15 is 0 Å². The summed E-state index contributed by atoms with van der Waals surface area (Å²) in [5.74, 6) is -0.971. The van der Waals surface area contributed by atoms with E-state index in [1.54, 1.807) is 37.9 Å². The van der Waals surface area contributed by atoms with Crippen molar-refractivity contribution in [2.45, 2.75) is 27.7 Å². The average Bonchev–Trinajstić information content (AvgIpc) is 2.53. The Bertz CT molecular complexity index is 630. The monoisotopic (exact) mass is 350 g/mol. The second-order valence-electron chi connectivity index (χ2n) is 5.85. The fourth-order valence-electron chi connectivity index (χ4n) is 2.61. The molecule has 0 bridgehead atoms. The van der Waals surface area contributed by atoms with Crippen LogP contribution in [-0.2, 0) is 9.59 Å². The molecule has 0 spiro atoms. The van der Waals surface area contributed by atoms with Gasteiger partial charge in [-0.1, -0.05) is 0 Å². The molecule has 0 saturated heterocycles. The zero-order chi connectivity index (χ0) is 19.1. The maximum atomic E-state index is 12.6. The minimum Gasteiger partial charge on any atom is -0.481 e. The van der Waals surface area contributed by atoms with Crippen LogP contribution in [0.25, 0.3) is 0 Å². The van der Waals surface area contributed by atoms with Gasteiger partial charge in [-0.2, -0.15) is 0 Å². The lowest BCUT2D eigenvalue weighted by Gasteiger charge is -2.23. The van der Waals surface area contributed by atoms with E-state index in [2.05, 4.69) is 0 Å². The van der Waals surface area contributed by atoms with Crippen molar-refractivity contribution in [2.24, 2.45) is 0 Å². The lowest BCUT2D eigenvalue weighted by molar-refractivity contribution is -0.139. The molecule has 2 amide bonds. The van der Waals surface area contributed by atoms with Gasteiger partial charge in [0.2, 0.25) is 5.91 Å². The van der Waals surface area contributed by atoms with Gasteiger partial charge in [0.25, 0.3) is 5.91 Å². The van der Waals surface area contributed by atoms with Crippen LogP contribution >= 0.6 is 0 Å². The van der Waals surface area contributed by atoms with Crippen LogP contribution in [0.15, 0.2) is 12.1 Å². The van der Waals surface area contributed by atoms with Gasteiger partial charge < -0.3 is 19.6 Å². The van der Waals surface area contributed by atoms with Crippen LogP contribution in [-0.4, -0.2) is 66.0 Å². The molecule has 0 aliphatic rings. The first-order valence-corrected chi connectivity index (χ1v) is 8.20. The third-order valence-electron chi connectivity index (χ3n) is 3.88. The second kappa shape index (κ2) is 9.05. The summed E-state index contributed by atoms with van der Waals surface area (Å²) in [4.78, 5) is 38.4. The van der Waals surface area contributed by atoms with Gasteiger partial charge in [-0.25, -0.2) is 4.79 Å². The molecule has 0 aliphatic carbocycles. The number of amides is 2. The van der Waals surface area contributed by atoms with E-state index in [-0.39, 0.29) is 18.4 Å². The molecular formula is C18H26N2O5. The summed E-state index contributed by atoms with van der Waals surface area (Å²) in [6.07, 6.45) is 0. The third-order valence-corrected chi connectivity index (χ3v) is 3.88. The molecule has 0 radical (unpaired) electrons. The van der Waals surface area contributed by atoms with Crippen molar-refractivity contribution in [3.05, 3.63) is 28.8 Å². The van der Waals surface area contributed by atoms with Gasteiger partial charge in [-0.3, -0.25) is 9.59 Å². The van der Waals surface area contributed by atoms with Crippen LogP contribution in [0, 0.1) is 13.8 Å². The number of carboxylic acid groups (broad SMARTS) is 1. The number of ether oxygens (including phenoxy) is 1. The van der Waals surface area contributed by atoms with Crippen molar-refractivity contribution in [1.82, 2.24) is 9.80 Å². The van der Waals surface area contributed by atoms with Crippen molar-refractivity contribution in [3.8, 4) is 5.75 Å². The third kappa shape index (κ3) is 5.48. The van der Waals surface area contributed by atoms with E-state index in [1.807, 2.05) is 13.8 Å². The minimum atomic E-state index is -1.06. The summed E-state index contributed by atoms with van der Waals surface area (Å²) in [5.41, 5.74) is 1.79. The van der Waals surface area contributed by atoms with Crippen LogP contribution in [0.4, 0.5) is 0 Å². The van der Waals surface area contributed by atoms with Crippen LogP contribution < -0.4 is 4.74 Å². The SMILES string of the molecule is CCN(CC)C(=O)CN(C)C(=O)c1cc(C)c(OCC(=O)O)c(C)c1. The van der Waals surface area contributed by atoms with Gasteiger partial charge in [0.1, 0.15) is 5.75 Å².